The van der Waals surface area contributed by atoms with Gasteiger partial charge in [-0.2, -0.15) is 0 Å². The first kappa shape index (κ1) is 15.7. The van der Waals surface area contributed by atoms with Crippen molar-refractivity contribution in [1.82, 2.24) is 4.90 Å². The highest BCUT2D eigenvalue weighted by atomic mass is 32.1. The highest BCUT2D eigenvalue weighted by Gasteiger charge is 2.33. The quantitative estimate of drug-likeness (QED) is 0.848. The highest BCUT2D eigenvalue weighted by Crippen LogP contribution is 2.23. The fourth-order valence-electron chi connectivity index (χ4n) is 2.73. The monoisotopic (exact) mass is 309 g/mol. The summed E-state index contributed by atoms with van der Waals surface area (Å²) >= 11 is 1.57. The van der Waals surface area contributed by atoms with Crippen LogP contribution in [0.25, 0.3) is 0 Å². The van der Waals surface area contributed by atoms with Crippen LogP contribution in [0.3, 0.4) is 0 Å². The van der Waals surface area contributed by atoms with Gasteiger partial charge in [-0.25, -0.2) is 4.79 Å². The first-order valence-corrected chi connectivity index (χ1v) is 7.84. The van der Waals surface area contributed by atoms with Gasteiger partial charge in [-0.15, -0.1) is 11.3 Å². The van der Waals surface area contributed by atoms with E-state index in [4.69, 9.17) is 5.11 Å². The summed E-state index contributed by atoms with van der Waals surface area (Å²) in [5, 5.41) is 9.07. The Bertz CT molecular complexity index is 578. The molecule has 0 saturated carbocycles. The summed E-state index contributed by atoms with van der Waals surface area (Å²) in [6, 6.07) is 1.13. The number of rotatable bonds is 5. The fraction of sp³-hybridized carbons (Fsp3) is 0.533. The predicted octanol–water partition coefficient (Wildman–Crippen LogP) is 2.40. The van der Waals surface area contributed by atoms with Crippen LogP contribution in [0.4, 0.5) is 0 Å². The summed E-state index contributed by atoms with van der Waals surface area (Å²) in [7, 11) is 0. The minimum absolute atomic E-state index is 0.0451. The van der Waals surface area contributed by atoms with Gasteiger partial charge < -0.3 is 10.0 Å². The minimum Gasteiger partial charge on any atom is -0.480 e. The smallest absolute Gasteiger partial charge is 0.326 e. The zero-order valence-corrected chi connectivity index (χ0v) is 13.0. The second-order valence-electron chi connectivity index (χ2n) is 5.33. The molecule has 2 heterocycles. The van der Waals surface area contributed by atoms with Gasteiger partial charge in [0.15, 0.2) is 5.78 Å². The molecule has 1 amide bonds. The minimum atomic E-state index is -0.962. The van der Waals surface area contributed by atoms with Crippen molar-refractivity contribution in [3.63, 3.8) is 0 Å². The van der Waals surface area contributed by atoms with Crippen LogP contribution in [-0.4, -0.2) is 40.3 Å². The highest BCUT2D eigenvalue weighted by molar-refractivity contribution is 7.12. The third-order valence-electron chi connectivity index (χ3n) is 3.77. The van der Waals surface area contributed by atoms with Crippen molar-refractivity contribution in [3.05, 3.63) is 21.4 Å². The van der Waals surface area contributed by atoms with Crippen molar-refractivity contribution in [1.29, 1.82) is 0 Å². The van der Waals surface area contributed by atoms with Crippen LogP contribution in [0.5, 0.6) is 0 Å². The van der Waals surface area contributed by atoms with Gasteiger partial charge in [0.05, 0.1) is 0 Å². The van der Waals surface area contributed by atoms with E-state index in [1.54, 1.807) is 11.3 Å². The van der Waals surface area contributed by atoms with Gasteiger partial charge in [0.2, 0.25) is 5.91 Å². The topological polar surface area (TPSA) is 74.7 Å². The van der Waals surface area contributed by atoms with Crippen LogP contribution in [-0.2, 0) is 9.59 Å². The molecule has 2 rings (SSSR count). The number of carbonyl (C=O) groups excluding carboxylic acids is 2. The van der Waals surface area contributed by atoms with E-state index in [2.05, 4.69) is 0 Å². The third-order valence-corrected chi connectivity index (χ3v) is 4.73. The Morgan fingerprint density at radius 3 is 2.62 bits per heavy atom. The van der Waals surface area contributed by atoms with E-state index in [-0.39, 0.29) is 24.5 Å². The molecular weight excluding hydrogens is 290 g/mol. The summed E-state index contributed by atoms with van der Waals surface area (Å²) in [6.45, 7) is 4.31. The molecule has 1 saturated heterocycles. The summed E-state index contributed by atoms with van der Waals surface area (Å²) < 4.78 is 0. The maximum absolute atomic E-state index is 12.1. The summed E-state index contributed by atoms with van der Waals surface area (Å²) in [4.78, 5) is 38.7. The molecule has 21 heavy (non-hydrogen) atoms. The summed E-state index contributed by atoms with van der Waals surface area (Å²) in [6.07, 6.45) is 1.42. The predicted molar refractivity (Wildman–Crippen MR) is 79.7 cm³/mol. The maximum Gasteiger partial charge on any atom is 0.326 e. The Hall–Kier alpha value is -1.69. The van der Waals surface area contributed by atoms with Crippen molar-refractivity contribution in [2.24, 2.45) is 0 Å². The molecule has 0 aromatic carbocycles. The van der Waals surface area contributed by atoms with Crippen molar-refractivity contribution in [3.8, 4) is 0 Å². The molecule has 0 aliphatic carbocycles. The number of nitrogens with zero attached hydrogens (tertiary/aromatic N) is 1. The fourth-order valence-corrected chi connectivity index (χ4v) is 3.67. The summed E-state index contributed by atoms with van der Waals surface area (Å²) in [5.41, 5.74) is 0.682. The number of carbonyl (C=O) groups is 3. The lowest BCUT2D eigenvalue weighted by Crippen LogP contribution is -2.40. The molecule has 6 heteroatoms. The van der Waals surface area contributed by atoms with Crippen LogP contribution in [0.2, 0.25) is 0 Å². The largest absolute Gasteiger partial charge is 0.480 e. The Kier molecular flexibility index (Phi) is 4.77. The van der Waals surface area contributed by atoms with E-state index >= 15 is 0 Å². The van der Waals surface area contributed by atoms with E-state index in [0.29, 0.717) is 24.9 Å². The number of hydrogen-bond donors (Lipinski definition) is 1. The van der Waals surface area contributed by atoms with Crippen LogP contribution < -0.4 is 0 Å². The molecule has 1 aliphatic heterocycles. The van der Waals surface area contributed by atoms with Crippen LogP contribution in [0.15, 0.2) is 6.07 Å². The van der Waals surface area contributed by atoms with Gasteiger partial charge in [0, 0.05) is 34.7 Å². The van der Waals surface area contributed by atoms with Gasteiger partial charge in [-0.3, -0.25) is 9.59 Å². The molecule has 1 aromatic heterocycles. The number of hydrogen-bond acceptors (Lipinski definition) is 4. The molecular formula is C15H19NO4S. The number of thiophene rings is 1. The number of Topliss-reactive ketones (excluding diaryl/α,β-unsaturated/α-hetero) is 1. The van der Waals surface area contributed by atoms with Gasteiger partial charge >= 0.3 is 5.97 Å². The van der Waals surface area contributed by atoms with Crippen LogP contribution in [0, 0.1) is 13.8 Å². The molecule has 114 valence electrons. The number of likely N-dealkylation sites (tertiary alicyclic amines) is 1. The molecule has 1 N–H and O–H groups in total. The van der Waals surface area contributed by atoms with Crippen molar-refractivity contribution >= 4 is 29.0 Å². The number of aryl methyl sites for hydroxylation is 2. The average molecular weight is 309 g/mol. The van der Waals surface area contributed by atoms with E-state index in [0.717, 1.165) is 9.75 Å². The molecule has 1 aromatic rings. The van der Waals surface area contributed by atoms with Crippen LogP contribution in [0.1, 0.15) is 45.8 Å². The molecule has 1 unspecified atom stereocenters. The number of carboxylic acid groups (broad SMARTS) is 1. The lowest BCUT2D eigenvalue weighted by Gasteiger charge is -2.21. The zero-order valence-electron chi connectivity index (χ0n) is 12.2. The summed E-state index contributed by atoms with van der Waals surface area (Å²) in [5.74, 6) is -1.24. The van der Waals surface area contributed by atoms with Crippen molar-refractivity contribution < 1.29 is 19.5 Å². The van der Waals surface area contributed by atoms with Gasteiger partial charge in [-0.05, 0) is 32.8 Å². The molecule has 0 bridgehead atoms. The number of amides is 1. The first-order chi connectivity index (χ1) is 9.90. The number of aliphatic carboxylic acids is 1. The maximum atomic E-state index is 12.1. The van der Waals surface area contributed by atoms with E-state index < -0.39 is 12.0 Å². The van der Waals surface area contributed by atoms with E-state index in [1.165, 1.54) is 4.90 Å². The van der Waals surface area contributed by atoms with Gasteiger partial charge in [0.25, 0.3) is 0 Å². The van der Waals surface area contributed by atoms with Crippen molar-refractivity contribution in [2.45, 2.75) is 45.6 Å². The van der Waals surface area contributed by atoms with Gasteiger partial charge in [0.1, 0.15) is 6.04 Å². The normalized spacial score (nSPS) is 18.0. The second kappa shape index (κ2) is 6.39. The van der Waals surface area contributed by atoms with Gasteiger partial charge in [-0.1, -0.05) is 0 Å². The standard InChI is InChI=1S/C15H19NO4S/c1-9-8-11(10(2)21-9)13(17)5-6-14(18)16-7-3-4-12(16)15(19)20/h8,12H,3-7H2,1-2H3,(H,19,20). The first-order valence-electron chi connectivity index (χ1n) is 7.02. The van der Waals surface area contributed by atoms with E-state index in [1.807, 2.05) is 19.9 Å². The van der Waals surface area contributed by atoms with E-state index in [9.17, 15) is 14.4 Å². The number of ketones is 1. The molecule has 1 aliphatic rings. The second-order valence-corrected chi connectivity index (χ2v) is 6.79. The van der Waals surface area contributed by atoms with Crippen LogP contribution >= 0.6 is 11.3 Å². The Morgan fingerprint density at radius 1 is 1.33 bits per heavy atom. The molecule has 1 atom stereocenters. The molecule has 5 nitrogen and oxygen atoms in total. The molecule has 1 fully saturated rings. The zero-order chi connectivity index (χ0) is 15.6. The molecule has 0 radical (unpaired) electrons. The third kappa shape index (κ3) is 3.50. The Morgan fingerprint density at radius 2 is 2.05 bits per heavy atom. The van der Waals surface area contributed by atoms with Crippen molar-refractivity contribution in [2.75, 3.05) is 6.54 Å². The Labute approximate surface area is 127 Å². The SMILES string of the molecule is Cc1cc(C(=O)CCC(=O)N2CCCC2C(=O)O)c(C)s1. The molecule has 0 spiro atoms. The number of carboxylic acids is 1. The average Bonchev–Trinajstić information content (AvgIpc) is 3.02. The lowest BCUT2D eigenvalue weighted by molar-refractivity contribution is -0.148. The lowest BCUT2D eigenvalue weighted by atomic mass is 10.1. The Balaban J connectivity index is 1.93.